The second kappa shape index (κ2) is 8.28. The van der Waals surface area contributed by atoms with Crippen molar-refractivity contribution in [3.8, 4) is 20.3 Å². The molecule has 1 aliphatic rings. The van der Waals surface area contributed by atoms with Gasteiger partial charge in [0.25, 0.3) is 0 Å². The Morgan fingerprint density at radius 1 is 1.03 bits per heavy atom. The number of aryl methyl sites for hydroxylation is 1. The van der Waals surface area contributed by atoms with Gasteiger partial charge in [-0.1, -0.05) is 0 Å². The number of nitrogens with one attached hydrogen (secondary N) is 2. The van der Waals surface area contributed by atoms with Gasteiger partial charge in [0, 0.05) is 44.0 Å². The molecule has 166 valence electrons. The number of anilines is 1. The highest BCUT2D eigenvalue weighted by molar-refractivity contribution is 7.23. The van der Waals surface area contributed by atoms with Crippen LogP contribution in [-0.4, -0.2) is 27.1 Å². The highest BCUT2D eigenvalue weighted by Crippen LogP contribution is 2.39. The molecule has 5 nitrogen and oxygen atoms in total. The van der Waals surface area contributed by atoms with Crippen molar-refractivity contribution >= 4 is 28.6 Å². The van der Waals surface area contributed by atoms with E-state index in [4.69, 9.17) is 10.7 Å². The van der Waals surface area contributed by atoms with E-state index in [1.165, 1.54) is 19.5 Å². The molecule has 0 bridgehead atoms. The molecule has 4 heterocycles. The van der Waals surface area contributed by atoms with Crippen LogP contribution in [0.2, 0.25) is 0 Å². The molecule has 4 rings (SSSR count). The zero-order valence-electron chi connectivity index (χ0n) is 19.2. The molecular formula is C24H33N5S2. The molecule has 0 aromatic carbocycles. The van der Waals surface area contributed by atoms with Gasteiger partial charge in [-0.25, -0.2) is 9.97 Å². The molecule has 7 heteroatoms. The normalized spacial score (nSPS) is 19.3. The molecule has 0 amide bonds. The van der Waals surface area contributed by atoms with Crippen LogP contribution in [0.15, 0.2) is 30.5 Å². The second-order valence-electron chi connectivity index (χ2n) is 10.0. The number of hydrogen-bond acceptors (Lipinski definition) is 7. The topological polar surface area (TPSA) is 75.9 Å². The van der Waals surface area contributed by atoms with E-state index >= 15 is 0 Å². The minimum atomic E-state index is 0.0702. The summed E-state index contributed by atoms with van der Waals surface area (Å²) in [4.78, 5) is 14.4. The van der Waals surface area contributed by atoms with Crippen LogP contribution in [-0.2, 0) is 0 Å². The number of nitrogens with zero attached hydrogens (tertiary/aromatic N) is 2. The summed E-state index contributed by atoms with van der Waals surface area (Å²) >= 11 is 3.54. The first kappa shape index (κ1) is 22.4. The number of thiophene rings is 2. The molecule has 1 aliphatic heterocycles. The molecule has 1 atom stereocenters. The van der Waals surface area contributed by atoms with Crippen LogP contribution in [0.3, 0.4) is 0 Å². The number of rotatable bonds is 5. The van der Waals surface area contributed by atoms with Crippen molar-refractivity contribution in [1.82, 2.24) is 15.3 Å². The number of piperidine rings is 1. The first-order chi connectivity index (χ1) is 14.5. The first-order valence-electron chi connectivity index (χ1n) is 10.9. The Hall–Kier alpha value is -1.80. The summed E-state index contributed by atoms with van der Waals surface area (Å²) in [5.41, 5.74) is 8.29. The van der Waals surface area contributed by atoms with E-state index in [1.54, 1.807) is 22.7 Å². The van der Waals surface area contributed by atoms with Crippen LogP contribution in [0.1, 0.15) is 63.9 Å². The van der Waals surface area contributed by atoms with E-state index in [2.05, 4.69) is 74.5 Å². The monoisotopic (exact) mass is 455 g/mol. The lowest BCUT2D eigenvalue weighted by Crippen LogP contribution is -2.60. The third-order valence-corrected chi connectivity index (χ3v) is 8.23. The SMILES string of the molecule is Cc1cnc(NC2CC(C)(C)NC(C)(C)C2)nc1-c1ccc(-c2ccc(C(C)N)s2)s1. The minimum Gasteiger partial charge on any atom is -0.351 e. The van der Waals surface area contributed by atoms with Crippen LogP contribution in [0.5, 0.6) is 0 Å². The molecule has 3 aromatic rings. The van der Waals surface area contributed by atoms with Crippen molar-refractivity contribution in [2.75, 3.05) is 5.32 Å². The molecule has 1 fully saturated rings. The Morgan fingerprint density at radius 3 is 2.29 bits per heavy atom. The highest BCUT2D eigenvalue weighted by atomic mass is 32.1. The molecule has 31 heavy (non-hydrogen) atoms. The first-order valence-corrected chi connectivity index (χ1v) is 12.5. The summed E-state index contributed by atoms with van der Waals surface area (Å²) in [7, 11) is 0. The Labute approximate surface area is 193 Å². The van der Waals surface area contributed by atoms with E-state index in [0.717, 1.165) is 24.1 Å². The summed E-state index contributed by atoms with van der Waals surface area (Å²) < 4.78 is 0. The highest BCUT2D eigenvalue weighted by Gasteiger charge is 2.37. The van der Waals surface area contributed by atoms with E-state index < -0.39 is 0 Å². The molecule has 1 unspecified atom stereocenters. The molecule has 1 saturated heterocycles. The van der Waals surface area contributed by atoms with Crippen LogP contribution >= 0.6 is 22.7 Å². The van der Waals surface area contributed by atoms with Gasteiger partial charge in [0.1, 0.15) is 0 Å². The van der Waals surface area contributed by atoms with Gasteiger partial charge in [-0.3, -0.25) is 0 Å². The molecule has 0 saturated carbocycles. The lowest BCUT2D eigenvalue weighted by atomic mass is 9.80. The number of aromatic nitrogens is 2. The number of hydrogen-bond donors (Lipinski definition) is 3. The third kappa shape index (κ3) is 5.17. The van der Waals surface area contributed by atoms with Gasteiger partial charge in [-0.15, -0.1) is 22.7 Å². The van der Waals surface area contributed by atoms with Crippen molar-refractivity contribution in [2.24, 2.45) is 5.73 Å². The number of nitrogens with two attached hydrogens (primary N) is 1. The third-order valence-electron chi connectivity index (χ3n) is 5.65. The Balaban J connectivity index is 1.56. The molecule has 3 aromatic heterocycles. The fourth-order valence-electron chi connectivity index (χ4n) is 4.70. The Kier molecular flexibility index (Phi) is 5.98. The van der Waals surface area contributed by atoms with Crippen LogP contribution in [0, 0.1) is 6.92 Å². The van der Waals surface area contributed by atoms with Crippen molar-refractivity contribution < 1.29 is 0 Å². The average Bonchev–Trinajstić information content (AvgIpc) is 3.29. The van der Waals surface area contributed by atoms with Crippen molar-refractivity contribution in [3.05, 3.63) is 40.9 Å². The van der Waals surface area contributed by atoms with Gasteiger partial charge in [0.05, 0.1) is 10.6 Å². The molecule has 0 radical (unpaired) electrons. The van der Waals surface area contributed by atoms with Crippen molar-refractivity contribution in [1.29, 1.82) is 0 Å². The van der Waals surface area contributed by atoms with Crippen molar-refractivity contribution in [3.63, 3.8) is 0 Å². The zero-order valence-corrected chi connectivity index (χ0v) is 20.9. The fourth-order valence-corrected chi connectivity index (χ4v) is 6.81. The molecule has 4 N–H and O–H groups in total. The van der Waals surface area contributed by atoms with Gasteiger partial charge in [0.2, 0.25) is 5.95 Å². The smallest absolute Gasteiger partial charge is 0.223 e. The maximum atomic E-state index is 6.03. The zero-order chi connectivity index (χ0) is 22.4. The predicted molar refractivity (Wildman–Crippen MR) is 134 cm³/mol. The fraction of sp³-hybridized carbons (Fsp3) is 0.500. The van der Waals surface area contributed by atoms with Crippen molar-refractivity contribution in [2.45, 2.75) is 77.5 Å². The quantitative estimate of drug-likeness (QED) is 0.441. The largest absolute Gasteiger partial charge is 0.351 e. The summed E-state index contributed by atoms with van der Waals surface area (Å²) in [6.45, 7) is 13.2. The lowest BCUT2D eigenvalue weighted by molar-refractivity contribution is 0.170. The summed E-state index contributed by atoms with van der Waals surface area (Å²) in [5, 5.41) is 7.35. The minimum absolute atomic E-state index is 0.0702. The summed E-state index contributed by atoms with van der Waals surface area (Å²) in [6.07, 6.45) is 4.00. The van der Waals surface area contributed by atoms with Crippen LogP contribution in [0.4, 0.5) is 5.95 Å². The Morgan fingerprint density at radius 2 is 1.65 bits per heavy atom. The summed E-state index contributed by atoms with van der Waals surface area (Å²) in [6, 6.07) is 9.05. The van der Waals surface area contributed by atoms with Crippen LogP contribution < -0.4 is 16.4 Å². The standard InChI is InChI=1S/C24H33N5S2/c1-14-13-26-22(27-16-11-23(3,4)29-24(5,6)12-16)28-21(14)20-10-9-19(31-20)18-8-7-17(30-18)15(2)25/h7-10,13,15-16,29H,11-12,25H2,1-6H3,(H,26,27,28). The Bertz CT molecular complexity index is 1050. The molecule has 0 spiro atoms. The van der Waals surface area contributed by atoms with Gasteiger partial charge in [0.15, 0.2) is 0 Å². The van der Waals surface area contributed by atoms with E-state index in [0.29, 0.717) is 12.0 Å². The maximum Gasteiger partial charge on any atom is 0.223 e. The van der Waals surface area contributed by atoms with Gasteiger partial charge in [-0.2, -0.15) is 0 Å². The predicted octanol–water partition coefficient (Wildman–Crippen LogP) is 5.98. The van der Waals surface area contributed by atoms with E-state index in [9.17, 15) is 0 Å². The second-order valence-corrected chi connectivity index (χ2v) is 12.2. The molecular weight excluding hydrogens is 422 g/mol. The van der Waals surface area contributed by atoms with Gasteiger partial charge in [-0.05, 0) is 84.2 Å². The summed E-state index contributed by atoms with van der Waals surface area (Å²) in [5.74, 6) is 0.712. The van der Waals surface area contributed by atoms with Crippen LogP contribution in [0.25, 0.3) is 20.3 Å². The van der Waals surface area contributed by atoms with E-state index in [1.807, 2.05) is 13.1 Å². The maximum absolute atomic E-state index is 6.03. The molecule has 0 aliphatic carbocycles. The lowest BCUT2D eigenvalue weighted by Gasteiger charge is -2.46. The van der Waals surface area contributed by atoms with Gasteiger partial charge < -0.3 is 16.4 Å². The van der Waals surface area contributed by atoms with E-state index in [-0.39, 0.29) is 17.1 Å². The average molecular weight is 456 g/mol. The van der Waals surface area contributed by atoms with Gasteiger partial charge >= 0.3 is 0 Å².